The minimum atomic E-state index is -3.03. The maximum Gasteiger partial charge on any atom is 0.308 e. The van der Waals surface area contributed by atoms with Gasteiger partial charge in [-0.1, -0.05) is 0 Å². The van der Waals surface area contributed by atoms with Crippen molar-refractivity contribution in [1.82, 2.24) is 10.2 Å². The molecule has 0 aromatic rings. The Kier molecular flexibility index (Phi) is 5.11. The summed E-state index contributed by atoms with van der Waals surface area (Å²) in [6.45, 7) is 3.35. The molecule has 2 rings (SSSR count). The molecule has 2 heterocycles. The summed E-state index contributed by atoms with van der Waals surface area (Å²) in [5.74, 6) is -0.282. The Hall–Kier alpha value is -1.15. The van der Waals surface area contributed by atoms with Crippen LogP contribution in [0, 0.1) is 5.92 Å². The van der Waals surface area contributed by atoms with Crippen LogP contribution in [0.3, 0.4) is 0 Å². The number of hydrogen-bond donors (Lipinski definition) is 1. The predicted octanol–water partition coefficient (Wildman–Crippen LogP) is -0.435. The molecule has 1 atom stereocenters. The van der Waals surface area contributed by atoms with E-state index in [1.165, 1.54) is 7.11 Å². The Morgan fingerprint density at radius 2 is 1.95 bits per heavy atom. The molecular weight excluding hydrogens is 308 g/mol. The zero-order valence-corrected chi connectivity index (χ0v) is 13.9. The van der Waals surface area contributed by atoms with Crippen molar-refractivity contribution in [1.29, 1.82) is 0 Å². The highest BCUT2D eigenvalue weighted by atomic mass is 32.2. The number of piperidine rings is 1. The maximum atomic E-state index is 12.1. The van der Waals surface area contributed by atoms with Crippen LogP contribution in [0.1, 0.15) is 26.2 Å². The van der Waals surface area contributed by atoms with Gasteiger partial charge in [-0.05, 0) is 39.3 Å². The van der Waals surface area contributed by atoms with Crippen molar-refractivity contribution in [2.24, 2.45) is 5.92 Å². The van der Waals surface area contributed by atoms with Gasteiger partial charge in [0, 0.05) is 0 Å². The first-order chi connectivity index (χ1) is 10.2. The zero-order valence-electron chi connectivity index (χ0n) is 13.1. The van der Waals surface area contributed by atoms with Gasteiger partial charge in [-0.2, -0.15) is 0 Å². The van der Waals surface area contributed by atoms with E-state index in [0.717, 1.165) is 0 Å². The van der Waals surface area contributed by atoms with Crippen molar-refractivity contribution in [3.8, 4) is 0 Å². The molecule has 0 aliphatic carbocycles. The van der Waals surface area contributed by atoms with Gasteiger partial charge in [0.05, 0.1) is 36.6 Å². The lowest BCUT2D eigenvalue weighted by Crippen LogP contribution is -2.51. The van der Waals surface area contributed by atoms with Crippen LogP contribution >= 0.6 is 0 Å². The van der Waals surface area contributed by atoms with Crippen LogP contribution in [-0.4, -0.2) is 69.0 Å². The van der Waals surface area contributed by atoms with Crippen LogP contribution in [0.4, 0.5) is 0 Å². The third-order valence-corrected chi connectivity index (χ3v) is 6.34. The molecule has 0 aromatic carbocycles. The van der Waals surface area contributed by atoms with E-state index in [1.807, 2.05) is 4.90 Å². The largest absolute Gasteiger partial charge is 0.469 e. The first kappa shape index (κ1) is 17.2. The van der Waals surface area contributed by atoms with Crippen molar-refractivity contribution in [3.05, 3.63) is 0 Å². The Labute approximate surface area is 131 Å². The van der Waals surface area contributed by atoms with Gasteiger partial charge in [-0.3, -0.25) is 14.5 Å². The SMILES string of the molecule is COC(=O)C1CCN(CC(=O)N[C@]2(C)CCS(=O)(=O)C2)CC1. The van der Waals surface area contributed by atoms with Crippen LogP contribution < -0.4 is 5.32 Å². The number of nitrogens with zero attached hydrogens (tertiary/aromatic N) is 1. The van der Waals surface area contributed by atoms with Gasteiger partial charge in [0.15, 0.2) is 9.84 Å². The number of nitrogens with one attached hydrogen (secondary N) is 1. The van der Waals surface area contributed by atoms with Crippen LogP contribution in [0.2, 0.25) is 0 Å². The first-order valence-electron chi connectivity index (χ1n) is 7.55. The first-order valence-corrected chi connectivity index (χ1v) is 9.37. The van der Waals surface area contributed by atoms with Gasteiger partial charge in [0.1, 0.15) is 0 Å². The number of rotatable bonds is 4. The Morgan fingerprint density at radius 3 is 2.45 bits per heavy atom. The fraction of sp³-hybridized carbons (Fsp3) is 0.857. The van der Waals surface area contributed by atoms with Gasteiger partial charge in [0.2, 0.25) is 5.91 Å². The van der Waals surface area contributed by atoms with Crippen molar-refractivity contribution in [2.75, 3.05) is 38.2 Å². The van der Waals surface area contributed by atoms with Gasteiger partial charge >= 0.3 is 5.97 Å². The molecule has 22 heavy (non-hydrogen) atoms. The summed E-state index contributed by atoms with van der Waals surface area (Å²) < 4.78 is 27.8. The van der Waals surface area contributed by atoms with Crippen LogP contribution in [0.25, 0.3) is 0 Å². The van der Waals surface area contributed by atoms with E-state index in [-0.39, 0.29) is 35.8 Å². The topological polar surface area (TPSA) is 92.8 Å². The molecule has 0 spiro atoms. The van der Waals surface area contributed by atoms with E-state index in [2.05, 4.69) is 5.32 Å². The Bertz CT molecular complexity index is 539. The van der Waals surface area contributed by atoms with Crippen LogP contribution in [0.15, 0.2) is 0 Å². The lowest BCUT2D eigenvalue weighted by Gasteiger charge is -2.31. The number of ether oxygens (including phenoxy) is 1. The Balaban J connectivity index is 1.78. The van der Waals surface area contributed by atoms with E-state index in [0.29, 0.717) is 32.4 Å². The fourth-order valence-corrected chi connectivity index (χ4v) is 5.27. The second-order valence-corrected chi connectivity index (χ2v) is 8.71. The molecule has 2 aliphatic rings. The smallest absolute Gasteiger partial charge is 0.308 e. The monoisotopic (exact) mass is 332 g/mol. The van der Waals surface area contributed by atoms with Gasteiger partial charge < -0.3 is 10.1 Å². The normalized spacial score (nSPS) is 29.2. The number of carbonyl (C=O) groups is 2. The number of carbonyl (C=O) groups excluding carboxylic acids is 2. The minimum Gasteiger partial charge on any atom is -0.469 e. The average Bonchev–Trinajstić information content (AvgIpc) is 2.72. The summed E-state index contributed by atoms with van der Waals surface area (Å²) in [5, 5.41) is 2.85. The summed E-state index contributed by atoms with van der Waals surface area (Å²) in [4.78, 5) is 25.6. The summed E-state index contributed by atoms with van der Waals surface area (Å²) in [5.41, 5.74) is -0.653. The van der Waals surface area contributed by atoms with Gasteiger partial charge in [-0.25, -0.2) is 8.42 Å². The molecule has 8 heteroatoms. The number of amides is 1. The molecule has 1 N–H and O–H groups in total. The van der Waals surface area contributed by atoms with E-state index >= 15 is 0 Å². The van der Waals surface area contributed by atoms with E-state index in [1.54, 1.807) is 6.92 Å². The van der Waals surface area contributed by atoms with Gasteiger partial charge in [0.25, 0.3) is 0 Å². The maximum absolute atomic E-state index is 12.1. The molecule has 2 fully saturated rings. The quantitative estimate of drug-likeness (QED) is 0.702. The lowest BCUT2D eigenvalue weighted by molar-refractivity contribution is -0.147. The Morgan fingerprint density at radius 1 is 1.32 bits per heavy atom. The van der Waals surface area contributed by atoms with Crippen LogP contribution in [-0.2, 0) is 24.2 Å². The molecule has 0 unspecified atom stereocenters. The number of esters is 1. The third-order valence-electron chi connectivity index (χ3n) is 4.43. The van der Waals surface area contributed by atoms with Crippen molar-refractivity contribution in [3.63, 3.8) is 0 Å². The molecule has 2 aliphatic heterocycles. The lowest BCUT2D eigenvalue weighted by atomic mass is 9.97. The highest BCUT2D eigenvalue weighted by Crippen LogP contribution is 2.23. The molecule has 0 bridgehead atoms. The van der Waals surface area contributed by atoms with Crippen molar-refractivity contribution < 1.29 is 22.7 Å². The second-order valence-electron chi connectivity index (χ2n) is 6.52. The van der Waals surface area contributed by atoms with E-state index < -0.39 is 15.4 Å². The zero-order chi connectivity index (χ0) is 16.4. The standard InChI is InChI=1S/C14H24N2O5S/c1-14(5-8-22(19,20)10-14)15-12(17)9-16-6-3-11(4-7-16)13(18)21-2/h11H,3-10H2,1-2H3,(H,15,17)/t14-/m1/s1. The molecule has 126 valence electrons. The number of sulfone groups is 1. The van der Waals surface area contributed by atoms with Gasteiger partial charge in [-0.15, -0.1) is 0 Å². The number of likely N-dealkylation sites (tertiary alicyclic amines) is 1. The molecule has 0 saturated carbocycles. The summed E-state index contributed by atoms with van der Waals surface area (Å²) in [6, 6.07) is 0. The third kappa shape index (κ3) is 4.42. The van der Waals surface area contributed by atoms with E-state index in [9.17, 15) is 18.0 Å². The number of methoxy groups -OCH3 is 1. The second kappa shape index (κ2) is 6.54. The van der Waals surface area contributed by atoms with Crippen molar-refractivity contribution >= 4 is 21.7 Å². The molecule has 7 nitrogen and oxygen atoms in total. The molecule has 0 radical (unpaired) electrons. The summed E-state index contributed by atoms with van der Waals surface area (Å²) in [7, 11) is -1.64. The highest BCUT2D eigenvalue weighted by Gasteiger charge is 2.39. The molecule has 1 amide bonds. The summed E-state index contributed by atoms with van der Waals surface area (Å²) >= 11 is 0. The number of hydrogen-bond acceptors (Lipinski definition) is 6. The van der Waals surface area contributed by atoms with E-state index in [4.69, 9.17) is 4.74 Å². The fourth-order valence-electron chi connectivity index (χ4n) is 3.18. The van der Waals surface area contributed by atoms with Crippen molar-refractivity contribution in [2.45, 2.75) is 31.7 Å². The summed E-state index contributed by atoms with van der Waals surface area (Å²) in [6.07, 6.45) is 1.84. The highest BCUT2D eigenvalue weighted by molar-refractivity contribution is 7.91. The minimum absolute atomic E-state index is 0.0101. The predicted molar refractivity (Wildman–Crippen MR) is 81.0 cm³/mol. The van der Waals surface area contributed by atoms with Crippen LogP contribution in [0.5, 0.6) is 0 Å². The molecule has 0 aromatic heterocycles. The molecule has 2 saturated heterocycles. The average molecular weight is 332 g/mol. The molecular formula is C14H24N2O5S.